The molecule has 4 nitrogen and oxygen atoms in total. The van der Waals surface area contributed by atoms with Crippen LogP contribution in [0.15, 0.2) is 18.2 Å². The Morgan fingerprint density at radius 3 is 2.72 bits per heavy atom. The molecule has 1 unspecified atom stereocenters. The number of hydrogen-bond acceptors (Lipinski definition) is 3. The van der Waals surface area contributed by atoms with Crippen LogP contribution in [-0.2, 0) is 0 Å². The van der Waals surface area contributed by atoms with Gasteiger partial charge in [-0.2, -0.15) is 4.39 Å². The van der Waals surface area contributed by atoms with E-state index in [0.29, 0.717) is 12.1 Å². The molecule has 0 amide bonds. The van der Waals surface area contributed by atoms with E-state index in [4.69, 9.17) is 11.6 Å². The highest BCUT2D eigenvalue weighted by Crippen LogP contribution is 2.28. The summed E-state index contributed by atoms with van der Waals surface area (Å²) >= 11 is 6.23. The fourth-order valence-electron chi connectivity index (χ4n) is 2.16. The number of likely N-dealkylation sites (tertiary alicyclic amines) is 1. The molecular formula is C12H14ClFN2O2. The molecule has 0 saturated carbocycles. The maximum Gasteiger partial charge on any atom is 0.305 e. The summed E-state index contributed by atoms with van der Waals surface area (Å²) in [6, 6.07) is 3.84. The van der Waals surface area contributed by atoms with Crippen molar-refractivity contribution in [2.45, 2.75) is 18.2 Å². The van der Waals surface area contributed by atoms with Gasteiger partial charge < -0.3 is 4.90 Å². The van der Waals surface area contributed by atoms with Crippen LogP contribution in [0.3, 0.4) is 0 Å². The summed E-state index contributed by atoms with van der Waals surface area (Å²) < 4.78 is 13.2. The van der Waals surface area contributed by atoms with Crippen LogP contribution in [0, 0.1) is 15.9 Å². The zero-order chi connectivity index (χ0) is 13.1. The van der Waals surface area contributed by atoms with E-state index in [0.717, 1.165) is 32.0 Å². The Labute approximate surface area is 109 Å². The van der Waals surface area contributed by atoms with Crippen molar-refractivity contribution in [3.05, 3.63) is 39.7 Å². The van der Waals surface area contributed by atoms with Crippen molar-refractivity contribution in [2.75, 3.05) is 19.6 Å². The number of nitrogens with zero attached hydrogens (tertiary/aromatic N) is 2. The van der Waals surface area contributed by atoms with E-state index >= 15 is 0 Å². The van der Waals surface area contributed by atoms with Gasteiger partial charge >= 0.3 is 5.69 Å². The highest BCUT2D eigenvalue weighted by atomic mass is 35.5. The van der Waals surface area contributed by atoms with Crippen LogP contribution in [0.5, 0.6) is 0 Å². The van der Waals surface area contributed by atoms with Gasteiger partial charge in [0.1, 0.15) is 0 Å². The molecular weight excluding hydrogens is 259 g/mol. The number of halogens is 2. The van der Waals surface area contributed by atoms with Crippen molar-refractivity contribution in [3.8, 4) is 0 Å². The van der Waals surface area contributed by atoms with Gasteiger partial charge in [0.25, 0.3) is 0 Å². The summed E-state index contributed by atoms with van der Waals surface area (Å²) in [6.45, 7) is 2.66. The third-order valence-corrected chi connectivity index (χ3v) is 3.54. The average molecular weight is 273 g/mol. The van der Waals surface area contributed by atoms with Crippen LogP contribution in [0.2, 0.25) is 0 Å². The van der Waals surface area contributed by atoms with Crippen LogP contribution in [0.1, 0.15) is 23.8 Å². The normalized spacial score (nSPS) is 17.9. The monoisotopic (exact) mass is 272 g/mol. The first-order valence-electron chi connectivity index (χ1n) is 5.88. The number of benzene rings is 1. The van der Waals surface area contributed by atoms with Crippen molar-refractivity contribution >= 4 is 17.3 Å². The molecule has 98 valence electrons. The first kappa shape index (κ1) is 13.2. The predicted molar refractivity (Wildman–Crippen MR) is 67.3 cm³/mol. The molecule has 1 saturated heterocycles. The van der Waals surface area contributed by atoms with Crippen molar-refractivity contribution in [3.63, 3.8) is 0 Å². The molecule has 0 spiro atoms. The molecule has 1 aliphatic heterocycles. The predicted octanol–water partition coefficient (Wildman–Crippen LogP) is 3.11. The van der Waals surface area contributed by atoms with Crippen molar-refractivity contribution < 1.29 is 9.31 Å². The van der Waals surface area contributed by atoms with Gasteiger partial charge in [-0.1, -0.05) is 6.07 Å². The van der Waals surface area contributed by atoms with Crippen LogP contribution in [-0.4, -0.2) is 29.5 Å². The lowest BCUT2D eigenvalue weighted by Crippen LogP contribution is -2.23. The van der Waals surface area contributed by atoms with Gasteiger partial charge in [-0.15, -0.1) is 11.6 Å². The maximum atomic E-state index is 13.2. The molecule has 1 aliphatic rings. The van der Waals surface area contributed by atoms with Crippen LogP contribution < -0.4 is 0 Å². The molecule has 1 heterocycles. The number of rotatable bonds is 4. The molecule has 1 fully saturated rings. The smallest absolute Gasteiger partial charge is 0.302 e. The maximum absolute atomic E-state index is 13.2. The highest BCUT2D eigenvalue weighted by molar-refractivity contribution is 6.21. The summed E-state index contributed by atoms with van der Waals surface area (Å²) in [7, 11) is 0. The number of hydrogen-bond donors (Lipinski definition) is 0. The molecule has 18 heavy (non-hydrogen) atoms. The Morgan fingerprint density at radius 2 is 2.11 bits per heavy atom. The van der Waals surface area contributed by atoms with Gasteiger partial charge in [-0.3, -0.25) is 10.1 Å². The molecule has 6 heteroatoms. The van der Waals surface area contributed by atoms with Gasteiger partial charge in [-0.05, 0) is 37.6 Å². The molecule has 1 aromatic rings. The Balaban J connectivity index is 2.11. The standard InChI is InChI=1S/C12H14ClFN2O2/c13-10(8-15-5-1-2-6-15)9-3-4-11(14)12(7-9)16(17)18/h3-4,7,10H,1-2,5-6,8H2. The molecule has 0 N–H and O–H groups in total. The third kappa shape index (κ3) is 2.97. The molecule has 0 radical (unpaired) electrons. The minimum Gasteiger partial charge on any atom is -0.302 e. The van der Waals surface area contributed by atoms with Gasteiger partial charge in [0.2, 0.25) is 5.82 Å². The van der Waals surface area contributed by atoms with E-state index in [1.54, 1.807) is 0 Å². The first-order valence-corrected chi connectivity index (χ1v) is 6.32. The second-order valence-corrected chi connectivity index (χ2v) is 4.97. The zero-order valence-electron chi connectivity index (χ0n) is 9.81. The molecule has 2 rings (SSSR count). The first-order chi connectivity index (χ1) is 8.58. The Bertz CT molecular complexity index is 450. The van der Waals surface area contributed by atoms with Gasteiger partial charge in [0.05, 0.1) is 10.3 Å². The summed E-state index contributed by atoms with van der Waals surface area (Å²) in [5, 5.41) is 10.3. The van der Waals surface area contributed by atoms with Gasteiger partial charge in [0.15, 0.2) is 0 Å². The molecule has 0 bridgehead atoms. The minimum atomic E-state index is -0.825. The molecule has 0 aliphatic carbocycles. The SMILES string of the molecule is O=[N+]([O-])c1cc(C(Cl)CN2CCCC2)ccc1F. The van der Waals surface area contributed by atoms with E-state index in [9.17, 15) is 14.5 Å². The lowest BCUT2D eigenvalue weighted by Gasteiger charge is -2.18. The van der Waals surface area contributed by atoms with Crippen molar-refractivity contribution in [1.29, 1.82) is 0 Å². The number of nitro groups is 1. The van der Waals surface area contributed by atoms with E-state index in [1.807, 2.05) is 0 Å². The third-order valence-electron chi connectivity index (χ3n) is 3.15. The van der Waals surface area contributed by atoms with Crippen LogP contribution >= 0.6 is 11.6 Å². The highest BCUT2D eigenvalue weighted by Gasteiger charge is 2.21. The second kappa shape index (κ2) is 5.63. The fraction of sp³-hybridized carbons (Fsp3) is 0.500. The molecule has 1 atom stereocenters. The lowest BCUT2D eigenvalue weighted by molar-refractivity contribution is -0.387. The van der Waals surface area contributed by atoms with Crippen molar-refractivity contribution in [2.24, 2.45) is 0 Å². The Hall–Kier alpha value is -1.20. The summed E-state index contributed by atoms with van der Waals surface area (Å²) in [5.74, 6) is -0.825. The number of nitro benzene ring substituents is 1. The van der Waals surface area contributed by atoms with Crippen molar-refractivity contribution in [1.82, 2.24) is 4.90 Å². The number of alkyl halides is 1. The second-order valence-electron chi connectivity index (χ2n) is 4.44. The van der Waals surface area contributed by atoms with E-state index in [1.165, 1.54) is 12.1 Å². The minimum absolute atomic E-state index is 0.345. The van der Waals surface area contributed by atoms with Crippen LogP contribution in [0.25, 0.3) is 0 Å². The quantitative estimate of drug-likeness (QED) is 0.481. The Morgan fingerprint density at radius 1 is 1.44 bits per heavy atom. The fourth-order valence-corrected chi connectivity index (χ4v) is 2.49. The lowest BCUT2D eigenvalue weighted by atomic mass is 10.1. The summed E-state index contributed by atoms with van der Waals surface area (Å²) in [5.41, 5.74) is 0.0799. The Kier molecular flexibility index (Phi) is 4.14. The van der Waals surface area contributed by atoms with Gasteiger partial charge in [0, 0.05) is 12.6 Å². The van der Waals surface area contributed by atoms with E-state index in [-0.39, 0.29) is 5.38 Å². The molecule has 1 aromatic carbocycles. The molecule has 0 aromatic heterocycles. The van der Waals surface area contributed by atoms with E-state index < -0.39 is 16.4 Å². The van der Waals surface area contributed by atoms with Crippen LogP contribution in [0.4, 0.5) is 10.1 Å². The van der Waals surface area contributed by atoms with Gasteiger partial charge in [-0.25, -0.2) is 0 Å². The summed E-state index contributed by atoms with van der Waals surface area (Å²) in [4.78, 5) is 12.1. The topological polar surface area (TPSA) is 46.4 Å². The van der Waals surface area contributed by atoms with E-state index in [2.05, 4.69) is 4.90 Å². The average Bonchev–Trinajstić information content (AvgIpc) is 2.81. The summed E-state index contributed by atoms with van der Waals surface area (Å²) in [6.07, 6.45) is 2.32. The largest absolute Gasteiger partial charge is 0.305 e. The zero-order valence-corrected chi connectivity index (χ0v) is 10.6.